The first kappa shape index (κ1) is 13.3. The predicted molar refractivity (Wildman–Crippen MR) is 71.5 cm³/mol. The van der Waals surface area contributed by atoms with E-state index in [-0.39, 0.29) is 12.4 Å². The largest absolute Gasteiger partial charge is 0.452 e. The molecular weight excluding hydrogens is 322 g/mol. The minimum Gasteiger partial charge on any atom is -0.452 e. The van der Waals surface area contributed by atoms with Crippen LogP contribution in [0.3, 0.4) is 0 Å². The van der Waals surface area contributed by atoms with Crippen LogP contribution in [-0.4, -0.2) is 5.11 Å². The first-order chi connectivity index (χ1) is 8.61. The smallest absolute Gasteiger partial charge is 0.168 e. The Morgan fingerprint density at radius 3 is 2.72 bits per heavy atom. The molecule has 0 spiro atoms. The second kappa shape index (κ2) is 5.69. The molecule has 0 unspecified atom stereocenters. The molecule has 1 N–H and O–H groups in total. The summed E-state index contributed by atoms with van der Waals surface area (Å²) in [5, 5.41) is 9.51. The topological polar surface area (TPSA) is 29.5 Å². The van der Waals surface area contributed by atoms with Gasteiger partial charge in [-0.05, 0) is 24.3 Å². The third-order valence-electron chi connectivity index (χ3n) is 2.32. The molecule has 5 heteroatoms. The number of benzene rings is 2. The average Bonchev–Trinajstić information content (AvgIpc) is 2.34. The monoisotopic (exact) mass is 330 g/mol. The molecule has 0 fully saturated rings. The van der Waals surface area contributed by atoms with E-state index >= 15 is 0 Å². The lowest BCUT2D eigenvalue weighted by Crippen LogP contribution is -1.95. The van der Waals surface area contributed by atoms with Gasteiger partial charge in [-0.2, -0.15) is 0 Å². The molecule has 0 radical (unpaired) electrons. The van der Waals surface area contributed by atoms with Crippen molar-refractivity contribution in [1.29, 1.82) is 0 Å². The molecule has 0 saturated heterocycles. The number of para-hydroxylation sites is 1. The number of hydrogen-bond donors (Lipinski definition) is 1. The number of aliphatic hydroxyl groups is 1. The average molecular weight is 332 g/mol. The molecule has 0 atom stereocenters. The highest BCUT2D eigenvalue weighted by Gasteiger charge is 2.12. The van der Waals surface area contributed by atoms with E-state index in [1.165, 1.54) is 12.1 Å². The molecule has 0 bridgehead atoms. The lowest BCUT2D eigenvalue weighted by atomic mass is 10.2. The van der Waals surface area contributed by atoms with Gasteiger partial charge in [-0.15, -0.1) is 0 Å². The first-order valence-corrected chi connectivity index (χ1v) is 6.30. The van der Waals surface area contributed by atoms with Gasteiger partial charge in [0.15, 0.2) is 11.6 Å². The summed E-state index contributed by atoms with van der Waals surface area (Å²) in [6.07, 6.45) is 0. The van der Waals surface area contributed by atoms with E-state index < -0.39 is 5.82 Å². The molecule has 0 aliphatic rings. The molecule has 0 aliphatic heterocycles. The molecule has 0 saturated carbocycles. The molecule has 2 aromatic rings. The van der Waals surface area contributed by atoms with E-state index in [1.807, 2.05) is 0 Å². The summed E-state index contributed by atoms with van der Waals surface area (Å²) in [6, 6.07) is 9.38. The van der Waals surface area contributed by atoms with Crippen molar-refractivity contribution in [3.05, 3.63) is 57.3 Å². The van der Waals surface area contributed by atoms with Crippen LogP contribution < -0.4 is 4.74 Å². The van der Waals surface area contributed by atoms with Crippen LogP contribution in [0.5, 0.6) is 11.5 Å². The lowest BCUT2D eigenvalue weighted by molar-refractivity contribution is 0.274. The van der Waals surface area contributed by atoms with Crippen molar-refractivity contribution in [1.82, 2.24) is 0 Å². The maximum Gasteiger partial charge on any atom is 0.168 e. The lowest BCUT2D eigenvalue weighted by Gasteiger charge is -2.11. The fraction of sp³-hybridized carbons (Fsp3) is 0.0769. The van der Waals surface area contributed by atoms with Gasteiger partial charge < -0.3 is 9.84 Å². The van der Waals surface area contributed by atoms with Crippen molar-refractivity contribution < 1.29 is 14.2 Å². The van der Waals surface area contributed by atoms with Crippen LogP contribution >= 0.6 is 27.5 Å². The second-order valence-corrected chi connectivity index (χ2v) is 4.89. The van der Waals surface area contributed by atoms with Crippen LogP contribution in [0.15, 0.2) is 40.9 Å². The predicted octanol–water partition coefficient (Wildman–Crippen LogP) is 4.53. The van der Waals surface area contributed by atoms with Crippen LogP contribution in [-0.2, 0) is 6.61 Å². The van der Waals surface area contributed by atoms with Gasteiger partial charge in [0.25, 0.3) is 0 Å². The SMILES string of the molecule is OCc1cccc(F)c1Oc1ccc(Br)cc1Cl. The summed E-state index contributed by atoms with van der Waals surface area (Å²) in [4.78, 5) is 0. The number of ether oxygens (including phenoxy) is 1. The maximum atomic E-state index is 13.6. The molecule has 0 amide bonds. The fourth-order valence-electron chi connectivity index (χ4n) is 1.46. The van der Waals surface area contributed by atoms with E-state index in [9.17, 15) is 4.39 Å². The Labute approximate surface area is 117 Å². The molecule has 2 aromatic carbocycles. The van der Waals surface area contributed by atoms with Gasteiger partial charge in [0.05, 0.1) is 11.6 Å². The van der Waals surface area contributed by atoms with E-state index in [4.69, 9.17) is 21.4 Å². The van der Waals surface area contributed by atoms with Gasteiger partial charge in [0.1, 0.15) is 5.75 Å². The number of rotatable bonds is 3. The molecule has 0 heterocycles. The zero-order valence-corrected chi connectivity index (χ0v) is 11.5. The third kappa shape index (κ3) is 2.83. The van der Waals surface area contributed by atoms with Gasteiger partial charge in [-0.1, -0.05) is 39.7 Å². The Morgan fingerprint density at radius 1 is 1.28 bits per heavy atom. The van der Waals surface area contributed by atoms with Gasteiger partial charge in [-0.3, -0.25) is 0 Å². The van der Waals surface area contributed by atoms with Crippen LogP contribution in [0.25, 0.3) is 0 Å². The van der Waals surface area contributed by atoms with Gasteiger partial charge >= 0.3 is 0 Å². The van der Waals surface area contributed by atoms with E-state index in [2.05, 4.69) is 15.9 Å². The Bertz CT molecular complexity index is 575. The minimum atomic E-state index is -0.541. The van der Waals surface area contributed by atoms with Crippen molar-refractivity contribution >= 4 is 27.5 Å². The van der Waals surface area contributed by atoms with Crippen molar-refractivity contribution in [2.24, 2.45) is 0 Å². The Morgan fingerprint density at radius 2 is 2.06 bits per heavy atom. The summed E-state index contributed by atoms with van der Waals surface area (Å²) < 4.78 is 19.9. The summed E-state index contributed by atoms with van der Waals surface area (Å²) in [7, 11) is 0. The van der Waals surface area contributed by atoms with Crippen LogP contribution in [0.2, 0.25) is 5.02 Å². The summed E-state index contributed by atoms with van der Waals surface area (Å²) >= 11 is 9.26. The fourth-order valence-corrected chi connectivity index (χ4v) is 2.17. The molecular formula is C13H9BrClFO2. The van der Waals surface area contributed by atoms with Crippen molar-refractivity contribution in [2.45, 2.75) is 6.61 Å². The molecule has 94 valence electrons. The molecule has 2 nitrogen and oxygen atoms in total. The molecule has 0 aliphatic carbocycles. The van der Waals surface area contributed by atoms with Crippen molar-refractivity contribution in [3.63, 3.8) is 0 Å². The van der Waals surface area contributed by atoms with E-state index in [1.54, 1.807) is 24.3 Å². The second-order valence-electron chi connectivity index (χ2n) is 3.56. The molecule has 2 rings (SSSR count). The minimum absolute atomic E-state index is 0.00998. The number of aliphatic hydroxyl groups excluding tert-OH is 1. The van der Waals surface area contributed by atoms with Crippen LogP contribution in [0.1, 0.15) is 5.56 Å². The van der Waals surface area contributed by atoms with Gasteiger partial charge in [-0.25, -0.2) is 4.39 Å². The normalized spacial score (nSPS) is 10.4. The van der Waals surface area contributed by atoms with E-state index in [0.29, 0.717) is 16.3 Å². The molecule has 18 heavy (non-hydrogen) atoms. The number of hydrogen-bond acceptors (Lipinski definition) is 2. The van der Waals surface area contributed by atoms with Gasteiger partial charge in [0.2, 0.25) is 0 Å². The van der Waals surface area contributed by atoms with Gasteiger partial charge in [0, 0.05) is 10.0 Å². The highest BCUT2D eigenvalue weighted by atomic mass is 79.9. The van der Waals surface area contributed by atoms with Crippen molar-refractivity contribution in [2.75, 3.05) is 0 Å². The standard InChI is InChI=1S/C13H9BrClFO2/c14-9-4-5-12(10(15)6-9)18-13-8(7-17)2-1-3-11(13)16/h1-6,17H,7H2. The van der Waals surface area contributed by atoms with Crippen molar-refractivity contribution in [3.8, 4) is 11.5 Å². The quantitative estimate of drug-likeness (QED) is 0.895. The van der Waals surface area contributed by atoms with Crippen LogP contribution in [0, 0.1) is 5.82 Å². The Balaban J connectivity index is 2.39. The Kier molecular flexibility index (Phi) is 4.22. The summed E-state index contributed by atoms with van der Waals surface area (Å²) in [5.41, 5.74) is 0.369. The third-order valence-corrected chi connectivity index (χ3v) is 3.11. The number of halogens is 3. The van der Waals surface area contributed by atoms with Crippen LogP contribution in [0.4, 0.5) is 4.39 Å². The van der Waals surface area contributed by atoms with E-state index in [0.717, 1.165) is 4.47 Å². The summed E-state index contributed by atoms with van der Waals surface area (Å²) in [5.74, 6) is -0.218. The summed E-state index contributed by atoms with van der Waals surface area (Å²) in [6.45, 7) is -0.304. The zero-order valence-electron chi connectivity index (χ0n) is 9.16. The molecule has 0 aromatic heterocycles. The highest BCUT2D eigenvalue weighted by Crippen LogP contribution is 2.34. The first-order valence-electron chi connectivity index (χ1n) is 5.13. The highest BCUT2D eigenvalue weighted by molar-refractivity contribution is 9.10. The Hall–Kier alpha value is -1.10. The maximum absolute atomic E-state index is 13.6. The zero-order chi connectivity index (χ0) is 13.1.